The van der Waals surface area contributed by atoms with Crippen LogP contribution < -0.4 is 5.32 Å². The molecule has 0 amide bonds. The zero-order valence-electron chi connectivity index (χ0n) is 8.18. The van der Waals surface area contributed by atoms with Crippen molar-refractivity contribution in [2.24, 2.45) is 4.99 Å². The van der Waals surface area contributed by atoms with E-state index < -0.39 is 0 Å². The van der Waals surface area contributed by atoms with Crippen LogP contribution in [0.3, 0.4) is 0 Å². The smallest absolute Gasteiger partial charge is 0.101 e. The molecule has 14 heavy (non-hydrogen) atoms. The first kappa shape index (κ1) is 9.53. The van der Waals surface area contributed by atoms with Gasteiger partial charge < -0.3 is 5.32 Å². The third-order valence-electron chi connectivity index (χ3n) is 2.44. The van der Waals surface area contributed by atoms with Crippen LogP contribution in [0.25, 0.3) is 0 Å². The van der Waals surface area contributed by atoms with Crippen LogP contribution in [0.2, 0.25) is 5.02 Å². The fraction of sp³-hybridized carbons (Fsp3) is 0.364. The summed E-state index contributed by atoms with van der Waals surface area (Å²) in [5, 5.41) is 4.09. The van der Waals surface area contributed by atoms with Crippen molar-refractivity contribution >= 4 is 17.4 Å². The van der Waals surface area contributed by atoms with Crippen LogP contribution in [-0.2, 0) is 6.42 Å². The largest absolute Gasteiger partial charge is 0.372 e. The Morgan fingerprint density at radius 2 is 2.36 bits per heavy atom. The van der Waals surface area contributed by atoms with Crippen LogP contribution in [-0.4, -0.2) is 18.9 Å². The van der Waals surface area contributed by atoms with Crippen molar-refractivity contribution in [1.82, 2.24) is 5.32 Å². The predicted octanol–water partition coefficient (Wildman–Crippen LogP) is 2.19. The van der Waals surface area contributed by atoms with Gasteiger partial charge in [0.2, 0.25) is 0 Å². The van der Waals surface area contributed by atoms with Crippen LogP contribution in [0.1, 0.15) is 11.1 Å². The van der Waals surface area contributed by atoms with Gasteiger partial charge in [0, 0.05) is 18.0 Å². The van der Waals surface area contributed by atoms with Crippen LogP contribution in [0.15, 0.2) is 23.2 Å². The molecule has 0 atom stereocenters. The van der Waals surface area contributed by atoms with Gasteiger partial charge in [-0.2, -0.15) is 0 Å². The fourth-order valence-electron chi connectivity index (χ4n) is 1.62. The van der Waals surface area contributed by atoms with Gasteiger partial charge in [0.05, 0.1) is 6.54 Å². The topological polar surface area (TPSA) is 24.4 Å². The van der Waals surface area contributed by atoms with Crippen molar-refractivity contribution in [1.29, 1.82) is 0 Å². The Balaban J connectivity index is 2.23. The molecule has 2 rings (SSSR count). The summed E-state index contributed by atoms with van der Waals surface area (Å²) in [5.41, 5.74) is 2.41. The molecule has 0 unspecified atom stereocenters. The van der Waals surface area contributed by atoms with Gasteiger partial charge >= 0.3 is 0 Å². The standard InChI is InChI=1S/C11H13ClN2/c1-8-3-2-4-10(12)9(8)7-11-13-5-6-14-11/h2-4H,5-7H2,1H3,(H,13,14). The summed E-state index contributed by atoms with van der Waals surface area (Å²) in [4.78, 5) is 4.36. The number of nitrogens with one attached hydrogen (secondary N) is 1. The van der Waals surface area contributed by atoms with Crippen molar-refractivity contribution in [3.05, 3.63) is 34.3 Å². The number of aliphatic imine (C=N–C) groups is 1. The van der Waals surface area contributed by atoms with E-state index in [9.17, 15) is 0 Å². The number of nitrogens with zero attached hydrogens (tertiary/aromatic N) is 1. The highest BCUT2D eigenvalue weighted by Gasteiger charge is 2.10. The lowest BCUT2D eigenvalue weighted by Gasteiger charge is -2.08. The lowest BCUT2D eigenvalue weighted by atomic mass is 10.1. The molecule has 0 saturated heterocycles. The van der Waals surface area contributed by atoms with Gasteiger partial charge in [-0.05, 0) is 24.1 Å². The second kappa shape index (κ2) is 4.01. The zero-order valence-corrected chi connectivity index (χ0v) is 8.93. The third-order valence-corrected chi connectivity index (χ3v) is 2.79. The summed E-state index contributed by atoms with van der Waals surface area (Å²) < 4.78 is 0. The van der Waals surface area contributed by atoms with Gasteiger partial charge in [-0.1, -0.05) is 23.7 Å². The first-order valence-electron chi connectivity index (χ1n) is 4.78. The summed E-state index contributed by atoms with van der Waals surface area (Å²) in [6.45, 7) is 3.92. The summed E-state index contributed by atoms with van der Waals surface area (Å²) in [6, 6.07) is 5.99. The molecular formula is C11H13ClN2. The molecule has 1 aliphatic rings. The minimum atomic E-state index is 0.825. The molecular weight excluding hydrogens is 196 g/mol. The lowest BCUT2D eigenvalue weighted by Crippen LogP contribution is -2.21. The molecule has 0 bridgehead atoms. The number of rotatable bonds is 2. The molecule has 0 aliphatic carbocycles. The summed E-state index contributed by atoms with van der Waals surface area (Å²) in [6.07, 6.45) is 0.825. The maximum atomic E-state index is 6.13. The Bertz CT molecular complexity index is 351. The lowest BCUT2D eigenvalue weighted by molar-refractivity contribution is 0.953. The van der Waals surface area contributed by atoms with Gasteiger partial charge in [-0.15, -0.1) is 0 Å². The van der Waals surface area contributed by atoms with Crippen molar-refractivity contribution in [2.75, 3.05) is 13.1 Å². The maximum Gasteiger partial charge on any atom is 0.101 e. The fourth-order valence-corrected chi connectivity index (χ4v) is 1.91. The van der Waals surface area contributed by atoms with Gasteiger partial charge in [0.25, 0.3) is 0 Å². The minimum absolute atomic E-state index is 0.825. The normalized spacial score (nSPS) is 15.1. The zero-order chi connectivity index (χ0) is 9.97. The van der Waals surface area contributed by atoms with E-state index in [0.717, 1.165) is 30.4 Å². The molecule has 0 aromatic heterocycles. The van der Waals surface area contributed by atoms with Crippen LogP contribution in [0, 0.1) is 6.92 Å². The Labute approximate surface area is 89.0 Å². The van der Waals surface area contributed by atoms with Crippen molar-refractivity contribution < 1.29 is 0 Å². The number of hydrogen-bond donors (Lipinski definition) is 1. The molecule has 1 aliphatic heterocycles. The highest BCUT2D eigenvalue weighted by molar-refractivity contribution is 6.31. The van der Waals surface area contributed by atoms with E-state index >= 15 is 0 Å². The quantitative estimate of drug-likeness (QED) is 0.792. The van der Waals surface area contributed by atoms with E-state index in [2.05, 4.69) is 23.3 Å². The summed E-state index contributed by atoms with van der Waals surface area (Å²) in [7, 11) is 0. The highest BCUT2D eigenvalue weighted by Crippen LogP contribution is 2.20. The second-order valence-corrected chi connectivity index (χ2v) is 3.87. The number of aryl methyl sites for hydroxylation is 1. The number of amidine groups is 1. The third kappa shape index (κ3) is 1.90. The first-order valence-corrected chi connectivity index (χ1v) is 5.16. The first-order chi connectivity index (χ1) is 6.77. The monoisotopic (exact) mass is 208 g/mol. The van der Waals surface area contributed by atoms with Gasteiger partial charge in [0.1, 0.15) is 5.84 Å². The molecule has 74 valence electrons. The second-order valence-electron chi connectivity index (χ2n) is 3.47. The molecule has 1 aromatic carbocycles. The van der Waals surface area contributed by atoms with Crippen LogP contribution in [0.5, 0.6) is 0 Å². The van der Waals surface area contributed by atoms with Gasteiger partial charge in [-0.25, -0.2) is 0 Å². The molecule has 0 radical (unpaired) electrons. The summed E-state index contributed by atoms with van der Waals surface area (Å²) in [5.74, 6) is 1.06. The average molecular weight is 209 g/mol. The Morgan fingerprint density at radius 3 is 3.00 bits per heavy atom. The molecule has 3 heteroatoms. The SMILES string of the molecule is Cc1cccc(Cl)c1CC1=NCCN1. The van der Waals surface area contributed by atoms with Crippen molar-refractivity contribution in [3.63, 3.8) is 0 Å². The van der Waals surface area contributed by atoms with E-state index in [4.69, 9.17) is 11.6 Å². The predicted molar refractivity (Wildman–Crippen MR) is 60.2 cm³/mol. The molecule has 1 heterocycles. The number of benzene rings is 1. The van der Waals surface area contributed by atoms with Gasteiger partial charge in [0.15, 0.2) is 0 Å². The van der Waals surface area contributed by atoms with Gasteiger partial charge in [-0.3, -0.25) is 4.99 Å². The average Bonchev–Trinajstić information content (AvgIpc) is 2.64. The van der Waals surface area contributed by atoms with E-state index in [1.165, 1.54) is 11.1 Å². The van der Waals surface area contributed by atoms with Crippen LogP contribution >= 0.6 is 11.6 Å². The van der Waals surface area contributed by atoms with E-state index in [1.54, 1.807) is 0 Å². The van der Waals surface area contributed by atoms with Crippen molar-refractivity contribution in [3.8, 4) is 0 Å². The van der Waals surface area contributed by atoms with Crippen LogP contribution in [0.4, 0.5) is 0 Å². The minimum Gasteiger partial charge on any atom is -0.372 e. The molecule has 2 nitrogen and oxygen atoms in total. The molecule has 0 spiro atoms. The van der Waals surface area contributed by atoms with E-state index in [0.29, 0.717) is 0 Å². The molecule has 1 N–H and O–H groups in total. The molecule has 0 saturated carbocycles. The Hall–Kier alpha value is -1.02. The highest BCUT2D eigenvalue weighted by atomic mass is 35.5. The Kier molecular flexibility index (Phi) is 2.73. The molecule has 0 fully saturated rings. The maximum absolute atomic E-state index is 6.13. The molecule has 1 aromatic rings. The summed E-state index contributed by atoms with van der Waals surface area (Å²) >= 11 is 6.13. The van der Waals surface area contributed by atoms with E-state index in [-0.39, 0.29) is 0 Å². The van der Waals surface area contributed by atoms with E-state index in [1.807, 2.05) is 12.1 Å². The number of hydrogen-bond acceptors (Lipinski definition) is 2. The van der Waals surface area contributed by atoms with Crippen molar-refractivity contribution in [2.45, 2.75) is 13.3 Å². The Morgan fingerprint density at radius 1 is 1.50 bits per heavy atom. The number of halogens is 1.